The summed E-state index contributed by atoms with van der Waals surface area (Å²) in [6, 6.07) is 29.4. The molecule has 0 unspecified atom stereocenters. The number of carbonyl (C=O) groups is 1. The van der Waals surface area contributed by atoms with Crippen LogP contribution in [0.5, 0.6) is 0 Å². The van der Waals surface area contributed by atoms with Crippen molar-refractivity contribution in [2.24, 2.45) is 9.98 Å². The van der Waals surface area contributed by atoms with E-state index in [9.17, 15) is 4.79 Å². The van der Waals surface area contributed by atoms with Crippen LogP contribution in [0, 0.1) is 13.8 Å². The van der Waals surface area contributed by atoms with Crippen molar-refractivity contribution < 1.29 is 9.90 Å². The van der Waals surface area contributed by atoms with Gasteiger partial charge in [-0.25, -0.2) is 14.8 Å². The first kappa shape index (κ1) is 35.4. The Morgan fingerprint density at radius 3 is 1.60 bits per heavy atom. The third-order valence-electron chi connectivity index (χ3n) is 9.19. The van der Waals surface area contributed by atoms with Crippen LogP contribution in [0.15, 0.2) is 101 Å². The fourth-order valence-electron chi connectivity index (χ4n) is 6.45. The maximum atomic E-state index is 10.2. The molecule has 9 rings (SSSR count). The third kappa shape index (κ3) is 8.21. The average molecular weight is 733 g/mol. The molecule has 6 heterocycles. The van der Waals surface area contributed by atoms with Crippen molar-refractivity contribution in [2.75, 3.05) is 70.0 Å². The highest BCUT2D eigenvalue weighted by atomic mass is 32.1. The summed E-state index contributed by atoms with van der Waals surface area (Å²) in [7, 11) is 2.18. The molecule has 4 N–H and O–H groups in total. The van der Waals surface area contributed by atoms with Gasteiger partial charge in [-0.1, -0.05) is 42.5 Å². The Morgan fingerprint density at radius 2 is 1.12 bits per heavy atom. The molecule has 3 aromatic carbocycles. The average Bonchev–Trinajstić information content (AvgIpc) is 3.62. The molecule has 52 heavy (non-hydrogen) atoms. The van der Waals surface area contributed by atoms with Crippen molar-refractivity contribution in [1.29, 1.82) is 0 Å². The minimum absolute atomic E-state index is 0.331. The lowest BCUT2D eigenvalue weighted by molar-refractivity contribution is 0.0697. The molecule has 2 saturated heterocycles. The number of rotatable bonds is 1. The first-order valence-corrected chi connectivity index (χ1v) is 19.2. The minimum Gasteiger partial charge on any atom is -0.478 e. The highest BCUT2D eigenvalue weighted by Gasteiger charge is 2.26. The van der Waals surface area contributed by atoms with Crippen molar-refractivity contribution in [3.8, 4) is 0 Å². The van der Waals surface area contributed by atoms with Crippen molar-refractivity contribution >= 4 is 73.1 Å². The van der Waals surface area contributed by atoms with E-state index in [1.807, 2.05) is 6.07 Å². The van der Waals surface area contributed by atoms with E-state index in [0.29, 0.717) is 5.56 Å². The van der Waals surface area contributed by atoms with Gasteiger partial charge in [-0.15, -0.1) is 22.7 Å². The number of nitrogens with zero attached hydrogens (tertiary/aromatic N) is 5. The first-order chi connectivity index (χ1) is 25.3. The number of aliphatic imine (C=N–C) groups is 2. The molecule has 4 aliphatic rings. The number of amidine groups is 2. The van der Waals surface area contributed by atoms with E-state index in [1.165, 1.54) is 30.9 Å². The SMILES string of the molecule is Cc1cc2c(s1)Nc1ccccc1N=C2N1CCN(C)CC1.Cc1cc2c(s1)Nc1ccccc1N=C2N1CCNCC1.O=C(O)c1ccccc1. The molecule has 2 fully saturated rings. The lowest BCUT2D eigenvalue weighted by Gasteiger charge is -2.34. The van der Waals surface area contributed by atoms with Crippen LogP contribution in [-0.4, -0.2) is 96.9 Å². The van der Waals surface area contributed by atoms with E-state index in [2.05, 4.69) is 106 Å². The molecule has 0 bridgehead atoms. The molecule has 0 radical (unpaired) electrons. The zero-order valence-electron chi connectivity index (χ0n) is 29.7. The van der Waals surface area contributed by atoms with Crippen molar-refractivity contribution in [1.82, 2.24) is 20.0 Å². The molecule has 0 amide bonds. The third-order valence-corrected chi connectivity index (χ3v) is 11.1. The molecule has 5 aromatic rings. The number of para-hydroxylation sites is 4. The Bertz CT molecular complexity index is 2080. The zero-order valence-corrected chi connectivity index (χ0v) is 31.4. The summed E-state index contributed by atoms with van der Waals surface area (Å²) in [5, 5.41) is 21.3. The van der Waals surface area contributed by atoms with Crippen LogP contribution >= 0.6 is 22.7 Å². The number of fused-ring (bicyclic) bond motifs is 4. The Labute approximate surface area is 313 Å². The molecule has 268 valence electrons. The monoisotopic (exact) mass is 732 g/mol. The highest BCUT2D eigenvalue weighted by Crippen LogP contribution is 2.40. The van der Waals surface area contributed by atoms with Gasteiger partial charge in [0.05, 0.1) is 39.4 Å². The number of piperazine rings is 2. The van der Waals surface area contributed by atoms with E-state index >= 15 is 0 Å². The summed E-state index contributed by atoms with van der Waals surface area (Å²) in [6.45, 7) is 12.6. The molecule has 10 nitrogen and oxygen atoms in total. The van der Waals surface area contributed by atoms with Gasteiger partial charge < -0.3 is 35.8 Å². The number of anilines is 4. The lowest BCUT2D eigenvalue weighted by Crippen LogP contribution is -2.47. The number of thiophene rings is 2. The van der Waals surface area contributed by atoms with Crippen LogP contribution in [0.25, 0.3) is 0 Å². The van der Waals surface area contributed by atoms with Crippen LogP contribution in [-0.2, 0) is 0 Å². The van der Waals surface area contributed by atoms with Crippen LogP contribution in [0.2, 0.25) is 0 Å². The minimum atomic E-state index is -0.879. The number of benzene rings is 3. The number of carboxylic acids is 1. The maximum absolute atomic E-state index is 10.2. The van der Waals surface area contributed by atoms with Crippen molar-refractivity contribution in [2.45, 2.75) is 13.8 Å². The molecule has 0 aliphatic carbocycles. The van der Waals surface area contributed by atoms with Gasteiger partial charge in [-0.05, 0) is 69.4 Å². The Balaban J connectivity index is 0.000000132. The molecule has 0 saturated carbocycles. The normalized spacial score (nSPS) is 16.2. The molecular formula is C40H44N8O2S2. The van der Waals surface area contributed by atoms with E-state index < -0.39 is 5.97 Å². The summed E-state index contributed by atoms with van der Waals surface area (Å²) in [5.74, 6) is 1.34. The molecule has 0 atom stereocenters. The van der Waals surface area contributed by atoms with E-state index in [0.717, 1.165) is 86.8 Å². The number of hydrogen-bond acceptors (Lipinski definition) is 11. The fraction of sp³-hybridized carbons (Fsp3) is 0.275. The van der Waals surface area contributed by atoms with Gasteiger partial charge in [0.15, 0.2) is 0 Å². The molecule has 0 spiro atoms. The standard InChI is InChI=1S/C17H20N4S.C16H18N4S.C7H6O2/c1-12-11-13-16(21-9-7-20(2)8-10-21)18-14-5-3-4-6-15(14)19-17(13)22-12;1-11-10-12-15(20-8-6-17-7-9-20)18-13-4-2-3-5-14(13)19-16(12)21-11;8-7(9)6-4-2-1-3-5-6/h3-6,11,19H,7-10H2,1-2H3;2-5,10,17,19H,6-9H2,1H3;1-5H,(H,8,9). The molecule has 4 aliphatic heterocycles. The van der Waals surface area contributed by atoms with E-state index in [-0.39, 0.29) is 0 Å². The van der Waals surface area contributed by atoms with E-state index in [1.54, 1.807) is 53.0 Å². The predicted octanol–water partition coefficient (Wildman–Crippen LogP) is 7.92. The summed E-state index contributed by atoms with van der Waals surface area (Å²) in [5.41, 5.74) is 7.03. The number of hydrogen-bond donors (Lipinski definition) is 4. The van der Waals surface area contributed by atoms with Crippen LogP contribution < -0.4 is 16.0 Å². The van der Waals surface area contributed by atoms with Crippen molar-refractivity contribution in [3.63, 3.8) is 0 Å². The summed E-state index contributed by atoms with van der Waals surface area (Å²) in [4.78, 5) is 30.0. The molecule has 12 heteroatoms. The number of carboxylic acid groups (broad SMARTS) is 1. The summed E-state index contributed by atoms with van der Waals surface area (Å²) in [6.07, 6.45) is 0. The van der Waals surface area contributed by atoms with Gasteiger partial charge in [0, 0.05) is 62.1 Å². The van der Waals surface area contributed by atoms with E-state index in [4.69, 9.17) is 15.1 Å². The second-order valence-corrected chi connectivity index (χ2v) is 15.6. The van der Waals surface area contributed by atoms with Gasteiger partial charge >= 0.3 is 5.97 Å². The fourth-order valence-corrected chi connectivity index (χ4v) is 8.29. The quantitative estimate of drug-likeness (QED) is 0.138. The summed E-state index contributed by atoms with van der Waals surface area (Å²) >= 11 is 3.61. The second kappa shape index (κ2) is 16.1. The smallest absolute Gasteiger partial charge is 0.335 e. The van der Waals surface area contributed by atoms with Gasteiger partial charge in [0.1, 0.15) is 21.7 Å². The molecular weight excluding hydrogens is 689 g/mol. The topological polar surface area (TPSA) is 108 Å². The van der Waals surface area contributed by atoms with Gasteiger partial charge in [0.2, 0.25) is 0 Å². The second-order valence-electron chi connectivity index (χ2n) is 13.1. The van der Waals surface area contributed by atoms with Crippen LogP contribution in [0.1, 0.15) is 31.2 Å². The van der Waals surface area contributed by atoms with Gasteiger partial charge in [-0.2, -0.15) is 0 Å². The Kier molecular flexibility index (Phi) is 11.0. The van der Waals surface area contributed by atoms with Gasteiger partial charge in [-0.3, -0.25) is 0 Å². The Hall–Kier alpha value is -5.01. The van der Waals surface area contributed by atoms with Crippen LogP contribution in [0.4, 0.5) is 32.8 Å². The first-order valence-electron chi connectivity index (χ1n) is 17.6. The molecule has 2 aromatic heterocycles. The van der Waals surface area contributed by atoms with Gasteiger partial charge in [0.25, 0.3) is 0 Å². The Morgan fingerprint density at radius 1 is 0.654 bits per heavy atom. The highest BCUT2D eigenvalue weighted by molar-refractivity contribution is 7.17. The number of nitrogens with one attached hydrogen (secondary N) is 3. The van der Waals surface area contributed by atoms with Crippen LogP contribution in [0.3, 0.4) is 0 Å². The lowest BCUT2D eigenvalue weighted by atomic mass is 10.2. The van der Waals surface area contributed by atoms with Crippen molar-refractivity contribution in [3.05, 3.63) is 117 Å². The number of aryl methyl sites for hydroxylation is 2. The summed E-state index contributed by atoms with van der Waals surface area (Å²) < 4.78 is 0. The largest absolute Gasteiger partial charge is 0.478 e. The number of aromatic carboxylic acids is 1. The number of likely N-dealkylation sites (N-methyl/N-ethyl adjacent to an activating group) is 1. The zero-order chi connectivity index (χ0) is 36.0. The maximum Gasteiger partial charge on any atom is 0.335 e. The predicted molar refractivity (Wildman–Crippen MR) is 217 cm³/mol.